The van der Waals surface area contributed by atoms with Crippen LogP contribution in [0.15, 0.2) is 30.3 Å². The fraction of sp³-hybridized carbons (Fsp3) is 0.273. The summed E-state index contributed by atoms with van der Waals surface area (Å²) < 4.78 is 36.2. The van der Waals surface area contributed by atoms with Gasteiger partial charge in [0, 0.05) is 5.69 Å². The summed E-state index contributed by atoms with van der Waals surface area (Å²) >= 11 is 0. The number of amides is 1. The Morgan fingerprint density at radius 2 is 1.71 bits per heavy atom. The highest BCUT2D eigenvalue weighted by Crippen LogP contribution is 2.21. The number of carbonyl (C=O) groups is 2. The molecule has 0 radical (unpaired) electrons. The SMILES string of the molecule is CC(C(=O)Nc1ccccc1)C(=O)C(F)(F)F. The highest BCUT2D eigenvalue weighted by molar-refractivity contribution is 6.08. The molecule has 1 N–H and O–H groups in total. The average Bonchev–Trinajstić information content (AvgIpc) is 2.27. The minimum absolute atomic E-state index is 0.347. The predicted octanol–water partition coefficient (Wildman–Crippen LogP) is 2.39. The monoisotopic (exact) mass is 245 g/mol. The van der Waals surface area contributed by atoms with E-state index in [0.29, 0.717) is 5.69 Å². The molecule has 0 aliphatic carbocycles. The molecular weight excluding hydrogens is 235 g/mol. The van der Waals surface area contributed by atoms with Crippen molar-refractivity contribution in [3.63, 3.8) is 0 Å². The first-order valence-electron chi connectivity index (χ1n) is 4.79. The van der Waals surface area contributed by atoms with Crippen LogP contribution in [0.3, 0.4) is 0 Å². The number of para-hydroxylation sites is 1. The van der Waals surface area contributed by atoms with Gasteiger partial charge in [-0.05, 0) is 19.1 Å². The Bertz CT molecular complexity index is 414. The normalized spacial score (nSPS) is 12.9. The number of hydrogen-bond acceptors (Lipinski definition) is 2. The molecule has 1 aromatic rings. The molecule has 1 unspecified atom stereocenters. The molecule has 92 valence electrons. The number of halogens is 3. The third-order valence-corrected chi connectivity index (χ3v) is 2.11. The fourth-order valence-corrected chi connectivity index (χ4v) is 1.14. The van der Waals surface area contributed by atoms with Crippen molar-refractivity contribution in [2.45, 2.75) is 13.1 Å². The molecule has 6 heteroatoms. The average molecular weight is 245 g/mol. The van der Waals surface area contributed by atoms with E-state index in [1.807, 2.05) is 0 Å². The molecule has 1 aromatic carbocycles. The molecule has 1 rings (SSSR count). The summed E-state index contributed by atoms with van der Waals surface area (Å²) in [6, 6.07) is 7.96. The number of anilines is 1. The number of nitrogens with one attached hydrogen (secondary N) is 1. The standard InChI is InChI=1S/C11H10F3NO2/c1-7(9(16)11(12,13)14)10(17)15-8-5-3-2-4-6-8/h2-7H,1H3,(H,15,17). The molecule has 1 atom stereocenters. The number of carbonyl (C=O) groups excluding carboxylic acids is 2. The van der Waals surface area contributed by atoms with Gasteiger partial charge in [0.05, 0.1) is 0 Å². The van der Waals surface area contributed by atoms with Crippen LogP contribution in [0.4, 0.5) is 18.9 Å². The van der Waals surface area contributed by atoms with Crippen LogP contribution >= 0.6 is 0 Å². The van der Waals surface area contributed by atoms with E-state index in [9.17, 15) is 22.8 Å². The number of Topliss-reactive ketones (excluding diaryl/α,β-unsaturated/α-hetero) is 1. The van der Waals surface area contributed by atoms with Crippen LogP contribution in [0.25, 0.3) is 0 Å². The van der Waals surface area contributed by atoms with E-state index in [1.54, 1.807) is 18.2 Å². The molecule has 0 saturated heterocycles. The molecule has 3 nitrogen and oxygen atoms in total. The molecule has 0 aliphatic heterocycles. The molecule has 0 heterocycles. The van der Waals surface area contributed by atoms with Crippen molar-refractivity contribution >= 4 is 17.4 Å². The summed E-state index contributed by atoms with van der Waals surface area (Å²) in [6.45, 7) is 0.925. The second-order valence-corrected chi connectivity index (χ2v) is 3.44. The zero-order chi connectivity index (χ0) is 13.1. The van der Waals surface area contributed by atoms with Crippen LogP contribution in [0, 0.1) is 5.92 Å². The van der Waals surface area contributed by atoms with E-state index in [1.165, 1.54) is 12.1 Å². The van der Waals surface area contributed by atoms with Crippen molar-refractivity contribution < 1.29 is 22.8 Å². The number of hydrogen-bond donors (Lipinski definition) is 1. The van der Waals surface area contributed by atoms with Crippen molar-refractivity contribution in [3.8, 4) is 0 Å². The van der Waals surface area contributed by atoms with Gasteiger partial charge in [-0.3, -0.25) is 9.59 Å². The Morgan fingerprint density at radius 1 is 1.18 bits per heavy atom. The van der Waals surface area contributed by atoms with Gasteiger partial charge in [-0.15, -0.1) is 0 Å². The maximum absolute atomic E-state index is 12.1. The molecule has 0 aliphatic rings. The second kappa shape index (κ2) is 4.99. The quantitative estimate of drug-likeness (QED) is 0.831. The van der Waals surface area contributed by atoms with Crippen molar-refractivity contribution in [2.24, 2.45) is 5.92 Å². The van der Waals surface area contributed by atoms with Crippen molar-refractivity contribution in [2.75, 3.05) is 5.32 Å². The first-order chi connectivity index (χ1) is 7.82. The van der Waals surface area contributed by atoms with Crippen molar-refractivity contribution in [1.82, 2.24) is 0 Å². The van der Waals surface area contributed by atoms with E-state index < -0.39 is 23.8 Å². The summed E-state index contributed by atoms with van der Waals surface area (Å²) in [5, 5.41) is 2.23. The van der Waals surface area contributed by atoms with Crippen molar-refractivity contribution in [1.29, 1.82) is 0 Å². The van der Waals surface area contributed by atoms with Gasteiger partial charge in [0.2, 0.25) is 11.7 Å². The number of ketones is 1. The summed E-state index contributed by atoms with van der Waals surface area (Å²) in [7, 11) is 0. The van der Waals surface area contributed by atoms with Gasteiger partial charge in [-0.25, -0.2) is 0 Å². The molecule has 0 spiro atoms. The topological polar surface area (TPSA) is 46.2 Å². The molecule has 17 heavy (non-hydrogen) atoms. The van der Waals surface area contributed by atoms with E-state index in [0.717, 1.165) is 6.92 Å². The van der Waals surface area contributed by atoms with Gasteiger partial charge in [0.25, 0.3) is 0 Å². The van der Waals surface area contributed by atoms with Gasteiger partial charge in [0.15, 0.2) is 0 Å². The third-order valence-electron chi connectivity index (χ3n) is 2.11. The smallest absolute Gasteiger partial charge is 0.325 e. The van der Waals surface area contributed by atoms with Crippen LogP contribution in [0.5, 0.6) is 0 Å². The molecule has 0 saturated carbocycles. The number of alkyl halides is 3. The van der Waals surface area contributed by atoms with Gasteiger partial charge in [-0.1, -0.05) is 18.2 Å². The van der Waals surface area contributed by atoms with E-state index >= 15 is 0 Å². The van der Waals surface area contributed by atoms with Crippen LogP contribution in [0.1, 0.15) is 6.92 Å². The summed E-state index contributed by atoms with van der Waals surface area (Å²) in [5.41, 5.74) is 0.347. The molecule has 0 aromatic heterocycles. The maximum Gasteiger partial charge on any atom is 0.450 e. The number of benzene rings is 1. The summed E-state index contributed by atoms with van der Waals surface area (Å²) in [5.74, 6) is -4.78. The predicted molar refractivity (Wildman–Crippen MR) is 55.3 cm³/mol. The van der Waals surface area contributed by atoms with Crippen LogP contribution in [0.2, 0.25) is 0 Å². The van der Waals surface area contributed by atoms with Gasteiger partial charge < -0.3 is 5.32 Å². The molecular formula is C11H10F3NO2. The minimum atomic E-state index is -4.99. The summed E-state index contributed by atoms with van der Waals surface area (Å²) in [4.78, 5) is 22.2. The Labute approximate surface area is 95.6 Å². The Hall–Kier alpha value is -1.85. The Kier molecular flexibility index (Phi) is 3.88. The largest absolute Gasteiger partial charge is 0.450 e. The van der Waals surface area contributed by atoms with Crippen LogP contribution in [-0.2, 0) is 9.59 Å². The fourth-order valence-electron chi connectivity index (χ4n) is 1.14. The Balaban J connectivity index is 2.69. The highest BCUT2D eigenvalue weighted by Gasteiger charge is 2.44. The maximum atomic E-state index is 12.1. The lowest BCUT2D eigenvalue weighted by atomic mass is 10.1. The summed E-state index contributed by atoms with van der Waals surface area (Å²) in [6.07, 6.45) is -4.99. The zero-order valence-electron chi connectivity index (χ0n) is 8.91. The lowest BCUT2D eigenvalue weighted by molar-refractivity contribution is -0.175. The van der Waals surface area contributed by atoms with Gasteiger partial charge in [0.1, 0.15) is 5.92 Å². The Morgan fingerprint density at radius 3 is 2.18 bits per heavy atom. The lowest BCUT2D eigenvalue weighted by Gasteiger charge is -2.12. The lowest BCUT2D eigenvalue weighted by Crippen LogP contribution is -2.36. The number of rotatable bonds is 3. The van der Waals surface area contributed by atoms with E-state index in [4.69, 9.17) is 0 Å². The van der Waals surface area contributed by atoms with Crippen LogP contribution in [-0.4, -0.2) is 17.9 Å². The highest BCUT2D eigenvalue weighted by atomic mass is 19.4. The van der Waals surface area contributed by atoms with E-state index in [-0.39, 0.29) is 0 Å². The first kappa shape index (κ1) is 13.2. The molecule has 1 amide bonds. The zero-order valence-corrected chi connectivity index (χ0v) is 8.91. The van der Waals surface area contributed by atoms with Crippen LogP contribution < -0.4 is 5.32 Å². The minimum Gasteiger partial charge on any atom is -0.325 e. The van der Waals surface area contributed by atoms with Gasteiger partial charge in [-0.2, -0.15) is 13.2 Å². The molecule has 0 fully saturated rings. The third kappa shape index (κ3) is 3.58. The second-order valence-electron chi connectivity index (χ2n) is 3.44. The molecule has 0 bridgehead atoms. The van der Waals surface area contributed by atoms with Gasteiger partial charge >= 0.3 is 6.18 Å². The van der Waals surface area contributed by atoms with E-state index in [2.05, 4.69) is 5.32 Å². The van der Waals surface area contributed by atoms with Crippen molar-refractivity contribution in [3.05, 3.63) is 30.3 Å². The first-order valence-corrected chi connectivity index (χ1v) is 4.79.